The van der Waals surface area contributed by atoms with Gasteiger partial charge >= 0.3 is 5.69 Å². The first-order valence-corrected chi connectivity index (χ1v) is 9.17. The van der Waals surface area contributed by atoms with Gasteiger partial charge in [0.1, 0.15) is 0 Å². The molecule has 3 rings (SSSR count). The molecule has 2 aliphatic rings. The Hall–Kier alpha value is -2.12. The van der Waals surface area contributed by atoms with Crippen molar-refractivity contribution in [3.05, 3.63) is 10.1 Å². The van der Waals surface area contributed by atoms with Gasteiger partial charge in [-0.1, -0.05) is 20.8 Å². The lowest BCUT2D eigenvalue weighted by Crippen LogP contribution is -2.40. The van der Waals surface area contributed by atoms with Crippen molar-refractivity contribution in [2.24, 2.45) is 17.8 Å². The van der Waals surface area contributed by atoms with Crippen molar-refractivity contribution in [2.45, 2.75) is 40.0 Å². The lowest BCUT2D eigenvalue weighted by atomic mass is 9.92. The summed E-state index contributed by atoms with van der Waals surface area (Å²) in [6.07, 6.45) is 3.19. The number of hydrogen-bond acceptors (Lipinski definition) is 7. The molecule has 0 saturated carbocycles. The first kappa shape index (κ1) is 17.7. The fraction of sp³-hybridized carbons (Fsp3) is 0.765. The summed E-state index contributed by atoms with van der Waals surface area (Å²) in [6.45, 7) is 9.89. The van der Waals surface area contributed by atoms with Crippen molar-refractivity contribution >= 4 is 23.3 Å². The molecule has 2 saturated heterocycles. The molecule has 0 bridgehead atoms. The highest BCUT2D eigenvalue weighted by Gasteiger charge is 2.32. The fourth-order valence-electron chi connectivity index (χ4n) is 4.03. The van der Waals surface area contributed by atoms with Gasteiger partial charge in [-0.3, -0.25) is 10.1 Å². The summed E-state index contributed by atoms with van der Waals surface area (Å²) in [7, 11) is 0. The van der Waals surface area contributed by atoms with E-state index in [0.29, 0.717) is 29.5 Å². The summed E-state index contributed by atoms with van der Waals surface area (Å²) in [4.78, 5) is 24.1. The average Bonchev–Trinajstić information content (AvgIpc) is 2.53. The van der Waals surface area contributed by atoms with E-state index in [-0.39, 0.29) is 11.5 Å². The molecular weight excluding hydrogens is 320 g/mol. The van der Waals surface area contributed by atoms with Crippen LogP contribution in [0.3, 0.4) is 0 Å². The monoisotopic (exact) mass is 348 g/mol. The molecule has 2 N–H and O–H groups in total. The summed E-state index contributed by atoms with van der Waals surface area (Å²) in [5.74, 6) is 2.60. The number of nitrogens with zero attached hydrogens (tertiary/aromatic N) is 5. The molecule has 2 fully saturated rings. The Bertz CT molecular complexity index is 634. The number of aromatic nitrogens is 2. The van der Waals surface area contributed by atoms with Crippen LogP contribution < -0.4 is 15.5 Å². The lowest BCUT2D eigenvalue weighted by molar-refractivity contribution is -0.383. The number of rotatable bonds is 3. The lowest BCUT2D eigenvalue weighted by Gasteiger charge is -2.36. The molecule has 0 unspecified atom stereocenters. The summed E-state index contributed by atoms with van der Waals surface area (Å²) >= 11 is 0. The van der Waals surface area contributed by atoms with Gasteiger partial charge in [0.15, 0.2) is 0 Å². The maximum absolute atomic E-state index is 11.5. The number of nitrogens with two attached hydrogens (primary N) is 1. The van der Waals surface area contributed by atoms with E-state index in [9.17, 15) is 10.1 Å². The zero-order valence-corrected chi connectivity index (χ0v) is 15.3. The van der Waals surface area contributed by atoms with Crippen molar-refractivity contribution in [3.8, 4) is 0 Å². The summed E-state index contributed by atoms with van der Waals surface area (Å²) in [6, 6.07) is 0. The standard InChI is InChI=1S/C17H28N6O2/c1-11-4-6-21(7-5-11)16-14(23(24)25)15(18)19-17(20-16)22-9-12(2)8-13(3)10-22/h11-13H,4-10H2,1-3H3,(H2,18,19,20)/t12-,13-/m0/s1. The molecule has 2 aliphatic heterocycles. The van der Waals surface area contributed by atoms with Crippen molar-refractivity contribution in [1.82, 2.24) is 9.97 Å². The highest BCUT2D eigenvalue weighted by atomic mass is 16.6. The molecule has 138 valence electrons. The van der Waals surface area contributed by atoms with Gasteiger partial charge in [-0.25, -0.2) is 0 Å². The molecular formula is C17H28N6O2. The van der Waals surface area contributed by atoms with Crippen molar-refractivity contribution < 1.29 is 4.92 Å². The molecule has 0 spiro atoms. The zero-order chi connectivity index (χ0) is 18.1. The largest absolute Gasteiger partial charge is 0.378 e. The number of nitrogen functional groups attached to an aromatic ring is 1. The normalized spacial score (nSPS) is 25.2. The van der Waals surface area contributed by atoms with Gasteiger partial charge in [0.2, 0.25) is 17.6 Å². The topological polar surface area (TPSA) is 101 Å². The average molecular weight is 348 g/mol. The minimum Gasteiger partial charge on any atom is -0.378 e. The molecule has 8 heteroatoms. The van der Waals surface area contributed by atoms with Crippen LogP contribution in [0, 0.1) is 27.9 Å². The van der Waals surface area contributed by atoms with Gasteiger partial charge in [0, 0.05) is 26.2 Å². The van der Waals surface area contributed by atoms with E-state index in [2.05, 4.69) is 35.6 Å². The molecule has 0 aliphatic carbocycles. The van der Waals surface area contributed by atoms with Crippen molar-refractivity contribution in [2.75, 3.05) is 41.7 Å². The van der Waals surface area contributed by atoms with Crippen LogP contribution in [0.4, 0.5) is 23.3 Å². The van der Waals surface area contributed by atoms with Gasteiger partial charge in [-0.05, 0) is 37.0 Å². The molecule has 3 heterocycles. The van der Waals surface area contributed by atoms with Crippen molar-refractivity contribution in [3.63, 3.8) is 0 Å². The predicted molar refractivity (Wildman–Crippen MR) is 98.9 cm³/mol. The second-order valence-corrected chi connectivity index (χ2v) is 7.86. The third-order valence-electron chi connectivity index (χ3n) is 5.30. The van der Waals surface area contributed by atoms with Gasteiger partial charge < -0.3 is 15.5 Å². The summed E-state index contributed by atoms with van der Waals surface area (Å²) < 4.78 is 0. The van der Waals surface area contributed by atoms with Crippen LogP contribution in [-0.2, 0) is 0 Å². The number of anilines is 3. The van der Waals surface area contributed by atoms with Crippen LogP contribution in [0.25, 0.3) is 0 Å². The maximum atomic E-state index is 11.5. The predicted octanol–water partition coefficient (Wildman–Crippen LogP) is 2.69. The van der Waals surface area contributed by atoms with Crippen LogP contribution in [-0.4, -0.2) is 41.1 Å². The van der Waals surface area contributed by atoms with Crippen LogP contribution in [0.15, 0.2) is 0 Å². The Balaban J connectivity index is 1.97. The SMILES string of the molecule is CC1CCN(c2nc(N3C[C@@H](C)C[C@H](C)C3)nc(N)c2[N+](=O)[O-])CC1. The molecule has 0 aromatic carbocycles. The summed E-state index contributed by atoms with van der Waals surface area (Å²) in [5.41, 5.74) is 5.83. The summed E-state index contributed by atoms with van der Waals surface area (Å²) in [5, 5.41) is 11.5. The Labute approximate surface area is 148 Å². The highest BCUT2D eigenvalue weighted by Crippen LogP contribution is 2.36. The smallest absolute Gasteiger partial charge is 0.353 e. The molecule has 8 nitrogen and oxygen atoms in total. The van der Waals surface area contributed by atoms with E-state index in [1.807, 2.05) is 4.90 Å². The van der Waals surface area contributed by atoms with Gasteiger partial charge in [-0.2, -0.15) is 9.97 Å². The highest BCUT2D eigenvalue weighted by molar-refractivity contribution is 5.71. The molecule has 0 radical (unpaired) electrons. The van der Waals surface area contributed by atoms with E-state index in [1.165, 1.54) is 6.42 Å². The van der Waals surface area contributed by atoms with E-state index in [4.69, 9.17) is 5.73 Å². The van der Waals surface area contributed by atoms with Gasteiger partial charge in [-0.15, -0.1) is 0 Å². The molecule has 1 aromatic rings. The van der Waals surface area contributed by atoms with Crippen LogP contribution in [0.2, 0.25) is 0 Å². The minimum absolute atomic E-state index is 0.0329. The van der Waals surface area contributed by atoms with Crippen LogP contribution in [0.1, 0.15) is 40.0 Å². The first-order chi connectivity index (χ1) is 11.8. The van der Waals surface area contributed by atoms with Crippen LogP contribution in [0.5, 0.6) is 0 Å². The zero-order valence-electron chi connectivity index (χ0n) is 15.3. The fourth-order valence-corrected chi connectivity index (χ4v) is 4.03. The molecule has 25 heavy (non-hydrogen) atoms. The second kappa shape index (κ2) is 7.01. The van der Waals surface area contributed by atoms with E-state index in [0.717, 1.165) is 39.0 Å². The Kier molecular flexibility index (Phi) is 4.96. The molecule has 1 aromatic heterocycles. The van der Waals surface area contributed by atoms with Crippen LogP contribution >= 0.6 is 0 Å². The third kappa shape index (κ3) is 3.77. The Morgan fingerprint density at radius 3 is 2.20 bits per heavy atom. The van der Waals surface area contributed by atoms with Crippen molar-refractivity contribution in [1.29, 1.82) is 0 Å². The van der Waals surface area contributed by atoms with E-state index >= 15 is 0 Å². The first-order valence-electron chi connectivity index (χ1n) is 9.17. The van der Waals surface area contributed by atoms with E-state index in [1.54, 1.807) is 0 Å². The number of nitro groups is 1. The number of piperidine rings is 2. The van der Waals surface area contributed by atoms with Gasteiger partial charge in [0.05, 0.1) is 4.92 Å². The number of hydrogen-bond donors (Lipinski definition) is 1. The molecule has 2 atom stereocenters. The Morgan fingerprint density at radius 2 is 1.64 bits per heavy atom. The Morgan fingerprint density at radius 1 is 1.04 bits per heavy atom. The third-order valence-corrected chi connectivity index (χ3v) is 5.30. The minimum atomic E-state index is -0.450. The molecule has 0 amide bonds. The maximum Gasteiger partial charge on any atom is 0.353 e. The quantitative estimate of drug-likeness (QED) is 0.662. The van der Waals surface area contributed by atoms with E-state index < -0.39 is 4.92 Å². The second-order valence-electron chi connectivity index (χ2n) is 7.86. The van der Waals surface area contributed by atoms with Gasteiger partial charge in [0.25, 0.3) is 0 Å².